The van der Waals surface area contributed by atoms with Crippen LogP contribution in [0.4, 0.5) is 24.9 Å². The molecule has 10 nitrogen and oxygen atoms in total. The summed E-state index contributed by atoms with van der Waals surface area (Å²) >= 11 is 0. The molecule has 1 saturated heterocycles. The first-order chi connectivity index (χ1) is 17.0. The van der Waals surface area contributed by atoms with E-state index in [1.807, 2.05) is 25.7 Å². The number of morpholine rings is 1. The monoisotopic (exact) mass is 512 g/mol. The van der Waals surface area contributed by atoms with Gasteiger partial charge in [0, 0.05) is 37.8 Å². The first-order valence-electron chi connectivity index (χ1n) is 11.8. The van der Waals surface area contributed by atoms with E-state index in [2.05, 4.69) is 15.0 Å². The Balaban J connectivity index is 0.000000444. The maximum atomic E-state index is 13.7. The number of aromatic nitrogens is 4. The van der Waals surface area contributed by atoms with Crippen LogP contribution in [0.25, 0.3) is 0 Å². The Labute approximate surface area is 206 Å². The summed E-state index contributed by atoms with van der Waals surface area (Å²) in [5.41, 5.74) is -0.527. The molecule has 2 aliphatic rings. The van der Waals surface area contributed by atoms with Gasteiger partial charge in [-0.15, -0.1) is 0 Å². The number of fused-ring (bicyclic) bond motifs is 1. The molecule has 4 rings (SSSR count). The molecule has 0 amide bonds. The number of H-pyrrole nitrogens is 1. The predicted octanol–water partition coefficient (Wildman–Crippen LogP) is 1.99. The minimum Gasteiger partial charge on any atom is -0.377 e. The molecule has 198 valence electrons. The van der Waals surface area contributed by atoms with Crippen LogP contribution in [0.1, 0.15) is 33.6 Å². The Morgan fingerprint density at radius 1 is 1.28 bits per heavy atom. The average molecular weight is 513 g/mol. The summed E-state index contributed by atoms with van der Waals surface area (Å²) in [5, 5.41) is 0. The zero-order valence-corrected chi connectivity index (χ0v) is 20.5. The quantitative estimate of drug-likeness (QED) is 0.647. The van der Waals surface area contributed by atoms with Crippen molar-refractivity contribution in [3.05, 3.63) is 45.4 Å². The van der Waals surface area contributed by atoms with Crippen molar-refractivity contribution in [2.45, 2.75) is 58.4 Å². The number of nitrogens with one attached hydrogen (secondary N) is 1. The highest BCUT2D eigenvalue weighted by molar-refractivity contribution is 5.83. The highest BCUT2D eigenvalue weighted by Crippen LogP contribution is 2.34. The van der Waals surface area contributed by atoms with Gasteiger partial charge in [0.05, 0.1) is 32.1 Å². The van der Waals surface area contributed by atoms with Crippen LogP contribution in [-0.4, -0.2) is 69.9 Å². The third kappa shape index (κ3) is 6.93. The van der Waals surface area contributed by atoms with Crippen molar-refractivity contribution in [2.75, 3.05) is 36.1 Å². The number of hydrogen-bond acceptors (Lipinski definition) is 8. The molecule has 4 heterocycles. The fraction of sp³-hybridized carbons (Fsp3) is 0.609. The van der Waals surface area contributed by atoms with Crippen molar-refractivity contribution in [1.29, 1.82) is 0 Å². The SMILES string of the molecule is CC(C)CC(=O)CN1c2nc(N3CCOC[C@H]3C)cc(=O)n2CC[C@H]1C(F)(F)F.O=c1ccnc[nH]1. The topological polar surface area (TPSA) is 113 Å². The third-order valence-corrected chi connectivity index (χ3v) is 5.85. The number of carbonyl (C=O) groups is 1. The number of alkyl halides is 3. The minimum absolute atomic E-state index is 0.0345. The standard InChI is InChI=1S/C19H27F3N4O3.C4H4N2O/c1-12(2)8-14(27)10-26-15(19(20,21)22)4-5-25-17(28)9-16(23-18(25)26)24-6-7-29-11-13(24)3;7-4-1-2-5-3-6-4/h9,12-13,15H,4-8,10-11H2,1-3H3;1-3H,(H,5,6,7)/t13-,15+;/m1./s1. The fourth-order valence-corrected chi connectivity index (χ4v) is 4.21. The van der Waals surface area contributed by atoms with E-state index in [-0.39, 0.29) is 48.6 Å². The van der Waals surface area contributed by atoms with E-state index in [9.17, 15) is 27.6 Å². The van der Waals surface area contributed by atoms with Gasteiger partial charge in [-0.3, -0.25) is 19.0 Å². The van der Waals surface area contributed by atoms with E-state index < -0.39 is 24.3 Å². The van der Waals surface area contributed by atoms with Crippen molar-refractivity contribution in [3.63, 3.8) is 0 Å². The Bertz CT molecular complexity index is 1130. The average Bonchev–Trinajstić information content (AvgIpc) is 2.79. The Hall–Kier alpha value is -3.22. The lowest BCUT2D eigenvalue weighted by Gasteiger charge is -2.40. The number of ketones is 1. The van der Waals surface area contributed by atoms with Gasteiger partial charge in [0.2, 0.25) is 5.95 Å². The first-order valence-corrected chi connectivity index (χ1v) is 11.8. The zero-order valence-electron chi connectivity index (χ0n) is 20.5. The summed E-state index contributed by atoms with van der Waals surface area (Å²) in [7, 11) is 0. The van der Waals surface area contributed by atoms with Gasteiger partial charge in [-0.05, 0) is 19.3 Å². The summed E-state index contributed by atoms with van der Waals surface area (Å²) in [4.78, 5) is 48.4. The van der Waals surface area contributed by atoms with Crippen LogP contribution in [0.3, 0.4) is 0 Å². The second kappa shape index (κ2) is 11.7. The molecular weight excluding hydrogens is 481 g/mol. The number of ether oxygens (including phenoxy) is 1. The number of nitrogens with zero attached hydrogens (tertiary/aromatic N) is 5. The van der Waals surface area contributed by atoms with Crippen molar-refractivity contribution < 1.29 is 22.7 Å². The lowest BCUT2D eigenvalue weighted by atomic mass is 10.0. The van der Waals surface area contributed by atoms with Gasteiger partial charge in [0.15, 0.2) is 5.78 Å². The molecule has 0 unspecified atom stereocenters. The molecule has 13 heteroatoms. The molecule has 2 aromatic heterocycles. The molecule has 0 aromatic carbocycles. The number of anilines is 2. The number of hydrogen-bond donors (Lipinski definition) is 1. The predicted molar refractivity (Wildman–Crippen MR) is 127 cm³/mol. The molecule has 0 saturated carbocycles. The maximum Gasteiger partial charge on any atom is 0.408 e. The summed E-state index contributed by atoms with van der Waals surface area (Å²) in [6, 6.07) is 0.812. The van der Waals surface area contributed by atoms with Gasteiger partial charge in [0.1, 0.15) is 11.9 Å². The molecule has 1 N–H and O–H groups in total. The number of rotatable bonds is 5. The molecule has 1 fully saturated rings. The molecule has 2 aromatic rings. The van der Waals surface area contributed by atoms with E-state index >= 15 is 0 Å². The molecule has 2 atom stereocenters. The van der Waals surface area contributed by atoms with Gasteiger partial charge < -0.3 is 19.5 Å². The molecule has 0 spiro atoms. The van der Waals surface area contributed by atoms with Crippen LogP contribution < -0.4 is 20.9 Å². The van der Waals surface area contributed by atoms with Gasteiger partial charge >= 0.3 is 6.18 Å². The van der Waals surface area contributed by atoms with Crippen molar-refractivity contribution in [3.8, 4) is 0 Å². The fourth-order valence-electron chi connectivity index (χ4n) is 4.21. The molecule has 36 heavy (non-hydrogen) atoms. The van der Waals surface area contributed by atoms with E-state index in [0.717, 1.165) is 4.90 Å². The van der Waals surface area contributed by atoms with Crippen molar-refractivity contribution >= 4 is 17.5 Å². The largest absolute Gasteiger partial charge is 0.408 e. The summed E-state index contributed by atoms with van der Waals surface area (Å²) in [6.45, 7) is 6.46. The Kier molecular flexibility index (Phi) is 8.88. The van der Waals surface area contributed by atoms with Gasteiger partial charge in [-0.25, -0.2) is 4.98 Å². The van der Waals surface area contributed by atoms with Gasteiger partial charge in [-0.1, -0.05) is 13.8 Å². The lowest BCUT2D eigenvalue weighted by Crippen LogP contribution is -2.54. The van der Waals surface area contributed by atoms with Gasteiger partial charge in [0.25, 0.3) is 11.1 Å². The number of Topliss-reactive ketones (excluding diaryl/α,β-unsaturated/α-hetero) is 1. The smallest absolute Gasteiger partial charge is 0.377 e. The van der Waals surface area contributed by atoms with E-state index in [4.69, 9.17) is 4.74 Å². The van der Waals surface area contributed by atoms with E-state index in [1.165, 1.54) is 29.2 Å². The van der Waals surface area contributed by atoms with Gasteiger partial charge in [-0.2, -0.15) is 18.2 Å². The molecule has 0 radical (unpaired) electrons. The number of carbonyl (C=O) groups excluding carboxylic acids is 1. The third-order valence-electron chi connectivity index (χ3n) is 5.85. The maximum absolute atomic E-state index is 13.7. The van der Waals surface area contributed by atoms with Crippen LogP contribution >= 0.6 is 0 Å². The number of aromatic amines is 1. The lowest BCUT2D eigenvalue weighted by molar-refractivity contribution is -0.153. The molecular formula is C23H31F3N6O4. The summed E-state index contributed by atoms with van der Waals surface area (Å²) in [5.74, 6) is -0.0348. The first kappa shape index (κ1) is 27.4. The highest BCUT2D eigenvalue weighted by atomic mass is 19.4. The van der Waals surface area contributed by atoms with Crippen LogP contribution in [-0.2, 0) is 16.1 Å². The molecule has 0 aliphatic carbocycles. The molecule has 0 bridgehead atoms. The van der Waals surface area contributed by atoms with Crippen molar-refractivity contribution in [1.82, 2.24) is 19.5 Å². The van der Waals surface area contributed by atoms with E-state index in [1.54, 1.807) is 0 Å². The minimum atomic E-state index is -4.52. The van der Waals surface area contributed by atoms with Crippen molar-refractivity contribution in [2.24, 2.45) is 5.92 Å². The zero-order chi connectivity index (χ0) is 26.5. The van der Waals surface area contributed by atoms with Crippen LogP contribution in [0.15, 0.2) is 34.2 Å². The second-order valence-electron chi connectivity index (χ2n) is 9.23. The summed E-state index contributed by atoms with van der Waals surface area (Å²) in [6.07, 6.45) is -1.85. The summed E-state index contributed by atoms with van der Waals surface area (Å²) < 4.78 is 47.8. The highest BCUT2D eigenvalue weighted by Gasteiger charge is 2.47. The Morgan fingerprint density at radius 3 is 2.58 bits per heavy atom. The Morgan fingerprint density at radius 2 is 2.03 bits per heavy atom. The van der Waals surface area contributed by atoms with E-state index in [0.29, 0.717) is 25.6 Å². The molecule has 2 aliphatic heterocycles. The van der Waals surface area contributed by atoms with Crippen LogP contribution in [0.5, 0.6) is 0 Å². The number of halogens is 3. The second-order valence-corrected chi connectivity index (χ2v) is 9.23. The van der Waals surface area contributed by atoms with Crippen LogP contribution in [0, 0.1) is 5.92 Å². The van der Waals surface area contributed by atoms with Crippen LogP contribution in [0.2, 0.25) is 0 Å². The normalized spacial score (nSPS) is 20.0.